The van der Waals surface area contributed by atoms with Gasteiger partial charge in [0.1, 0.15) is 0 Å². The summed E-state index contributed by atoms with van der Waals surface area (Å²) in [5.41, 5.74) is 1.14. The van der Waals surface area contributed by atoms with Gasteiger partial charge in [-0.15, -0.1) is 5.10 Å². The van der Waals surface area contributed by atoms with E-state index in [0.29, 0.717) is 6.04 Å². The standard InChI is InChI=1S/C13H19N5S/c1-14-12(13-9-15-17-19-13)8-10-6-7-18(16-10)11-4-2-3-5-11/h6-7,9,11-12,14H,2-5,8H2,1H3. The van der Waals surface area contributed by atoms with Crippen LogP contribution < -0.4 is 5.32 Å². The third kappa shape index (κ3) is 2.84. The van der Waals surface area contributed by atoms with Crippen molar-refractivity contribution in [2.24, 2.45) is 0 Å². The molecule has 2 aromatic heterocycles. The van der Waals surface area contributed by atoms with Crippen LogP contribution in [0.25, 0.3) is 0 Å². The fourth-order valence-electron chi connectivity index (χ4n) is 2.74. The molecule has 1 atom stereocenters. The molecule has 1 N–H and O–H groups in total. The minimum absolute atomic E-state index is 0.256. The van der Waals surface area contributed by atoms with E-state index in [1.165, 1.54) is 37.2 Å². The zero-order chi connectivity index (χ0) is 13.1. The lowest BCUT2D eigenvalue weighted by Gasteiger charge is -2.12. The van der Waals surface area contributed by atoms with Gasteiger partial charge in [-0.3, -0.25) is 4.68 Å². The van der Waals surface area contributed by atoms with Gasteiger partial charge >= 0.3 is 0 Å². The van der Waals surface area contributed by atoms with Crippen molar-refractivity contribution in [3.8, 4) is 0 Å². The molecular weight excluding hydrogens is 258 g/mol. The maximum Gasteiger partial charge on any atom is 0.0669 e. The Morgan fingerprint density at radius 1 is 1.47 bits per heavy atom. The fourth-order valence-corrected chi connectivity index (χ4v) is 3.35. The van der Waals surface area contributed by atoms with E-state index in [1.807, 2.05) is 13.2 Å². The molecule has 1 saturated carbocycles. The predicted molar refractivity (Wildman–Crippen MR) is 75.1 cm³/mol. The average Bonchev–Trinajstić information content (AvgIpc) is 3.15. The highest BCUT2D eigenvalue weighted by atomic mass is 32.1. The summed E-state index contributed by atoms with van der Waals surface area (Å²) in [5.74, 6) is 0. The Bertz CT molecular complexity index is 501. The van der Waals surface area contributed by atoms with E-state index in [2.05, 4.69) is 31.8 Å². The van der Waals surface area contributed by atoms with Gasteiger partial charge in [-0.1, -0.05) is 17.3 Å². The van der Waals surface area contributed by atoms with Gasteiger partial charge in [0.25, 0.3) is 0 Å². The zero-order valence-corrected chi connectivity index (χ0v) is 11.9. The molecule has 2 aromatic rings. The summed E-state index contributed by atoms with van der Waals surface area (Å²) in [7, 11) is 1.97. The van der Waals surface area contributed by atoms with Crippen molar-refractivity contribution >= 4 is 11.5 Å². The highest BCUT2D eigenvalue weighted by Crippen LogP contribution is 2.29. The molecule has 5 nitrogen and oxygen atoms in total. The molecule has 0 spiro atoms. The molecule has 1 aliphatic carbocycles. The molecule has 6 heteroatoms. The Labute approximate surface area is 117 Å². The van der Waals surface area contributed by atoms with Crippen molar-refractivity contribution in [2.45, 2.75) is 44.2 Å². The van der Waals surface area contributed by atoms with Crippen LogP contribution in [0.15, 0.2) is 18.5 Å². The van der Waals surface area contributed by atoms with Crippen molar-refractivity contribution in [3.05, 3.63) is 29.0 Å². The van der Waals surface area contributed by atoms with E-state index in [0.717, 1.165) is 17.0 Å². The summed E-state index contributed by atoms with van der Waals surface area (Å²) in [5, 5.41) is 11.9. The molecule has 0 saturated heterocycles. The first-order chi connectivity index (χ1) is 9.36. The van der Waals surface area contributed by atoms with Gasteiger partial charge in [-0.2, -0.15) is 5.10 Å². The summed E-state index contributed by atoms with van der Waals surface area (Å²) in [6.45, 7) is 0. The minimum Gasteiger partial charge on any atom is -0.312 e. The Morgan fingerprint density at radius 3 is 3.00 bits per heavy atom. The average molecular weight is 277 g/mol. The van der Waals surface area contributed by atoms with E-state index >= 15 is 0 Å². The van der Waals surface area contributed by atoms with Crippen LogP contribution >= 0.6 is 11.5 Å². The summed E-state index contributed by atoms with van der Waals surface area (Å²) >= 11 is 1.45. The van der Waals surface area contributed by atoms with E-state index < -0.39 is 0 Å². The van der Waals surface area contributed by atoms with Gasteiger partial charge in [0.2, 0.25) is 0 Å². The second-order valence-electron chi connectivity index (χ2n) is 5.09. The lowest BCUT2D eigenvalue weighted by Crippen LogP contribution is -2.18. The molecule has 0 aromatic carbocycles. The Balaban J connectivity index is 1.69. The van der Waals surface area contributed by atoms with Crippen LogP contribution in [0, 0.1) is 0 Å². The lowest BCUT2D eigenvalue weighted by molar-refractivity contribution is 0.459. The number of hydrogen-bond acceptors (Lipinski definition) is 5. The first-order valence-electron chi connectivity index (χ1n) is 6.85. The van der Waals surface area contributed by atoms with E-state index in [4.69, 9.17) is 5.10 Å². The SMILES string of the molecule is CNC(Cc1ccn(C2CCCC2)n1)c1cnns1. The molecule has 2 heterocycles. The second kappa shape index (κ2) is 5.79. The Kier molecular flexibility index (Phi) is 3.89. The van der Waals surface area contributed by atoms with Gasteiger partial charge in [0.15, 0.2) is 0 Å². The highest BCUT2D eigenvalue weighted by Gasteiger charge is 2.19. The molecule has 0 bridgehead atoms. The normalized spacial score (nSPS) is 17.9. The summed E-state index contributed by atoms with van der Waals surface area (Å²) in [4.78, 5) is 1.16. The maximum absolute atomic E-state index is 4.73. The van der Waals surface area contributed by atoms with Crippen LogP contribution in [-0.2, 0) is 6.42 Å². The number of hydrogen-bond donors (Lipinski definition) is 1. The molecule has 0 amide bonds. The number of nitrogens with one attached hydrogen (secondary N) is 1. The number of rotatable bonds is 5. The van der Waals surface area contributed by atoms with Crippen molar-refractivity contribution in [3.63, 3.8) is 0 Å². The van der Waals surface area contributed by atoms with Crippen molar-refractivity contribution in [2.75, 3.05) is 7.05 Å². The van der Waals surface area contributed by atoms with Crippen molar-refractivity contribution < 1.29 is 0 Å². The van der Waals surface area contributed by atoms with Crippen LogP contribution in [0.3, 0.4) is 0 Å². The number of likely N-dealkylation sites (N-methyl/N-ethyl adjacent to an activating group) is 1. The predicted octanol–water partition coefficient (Wildman–Crippen LogP) is 2.35. The zero-order valence-electron chi connectivity index (χ0n) is 11.1. The molecule has 1 aliphatic rings. The first-order valence-corrected chi connectivity index (χ1v) is 7.62. The topological polar surface area (TPSA) is 55.6 Å². The van der Waals surface area contributed by atoms with Crippen LogP contribution in [0.2, 0.25) is 0 Å². The van der Waals surface area contributed by atoms with E-state index in [-0.39, 0.29) is 6.04 Å². The molecule has 1 unspecified atom stereocenters. The van der Waals surface area contributed by atoms with Crippen LogP contribution in [0.4, 0.5) is 0 Å². The van der Waals surface area contributed by atoms with E-state index in [9.17, 15) is 0 Å². The van der Waals surface area contributed by atoms with Crippen LogP contribution in [-0.4, -0.2) is 26.4 Å². The second-order valence-corrected chi connectivity index (χ2v) is 5.91. The van der Waals surface area contributed by atoms with Gasteiger partial charge in [0.05, 0.1) is 28.9 Å². The van der Waals surface area contributed by atoms with Crippen molar-refractivity contribution in [1.29, 1.82) is 0 Å². The molecule has 102 valence electrons. The van der Waals surface area contributed by atoms with Crippen molar-refractivity contribution in [1.82, 2.24) is 24.7 Å². The van der Waals surface area contributed by atoms with Crippen LogP contribution in [0.1, 0.15) is 48.3 Å². The maximum atomic E-state index is 4.73. The lowest BCUT2D eigenvalue weighted by atomic mass is 10.1. The molecular formula is C13H19N5S. The van der Waals surface area contributed by atoms with Gasteiger partial charge in [-0.05, 0) is 37.5 Å². The molecule has 0 radical (unpaired) electrons. The third-order valence-electron chi connectivity index (χ3n) is 3.85. The smallest absolute Gasteiger partial charge is 0.0669 e. The van der Waals surface area contributed by atoms with E-state index in [1.54, 1.807) is 0 Å². The summed E-state index contributed by atoms with van der Waals surface area (Å²) in [6, 6.07) is 3.01. The Morgan fingerprint density at radius 2 is 2.32 bits per heavy atom. The van der Waals surface area contributed by atoms with Gasteiger partial charge in [0, 0.05) is 12.6 Å². The Hall–Kier alpha value is -1.27. The minimum atomic E-state index is 0.256. The third-order valence-corrected chi connectivity index (χ3v) is 4.62. The first kappa shape index (κ1) is 12.7. The fraction of sp³-hybridized carbons (Fsp3) is 0.615. The molecule has 19 heavy (non-hydrogen) atoms. The number of aromatic nitrogens is 4. The molecule has 1 fully saturated rings. The van der Waals surface area contributed by atoms with Gasteiger partial charge in [-0.25, -0.2) is 0 Å². The van der Waals surface area contributed by atoms with Gasteiger partial charge < -0.3 is 5.32 Å². The highest BCUT2D eigenvalue weighted by molar-refractivity contribution is 7.05. The molecule has 0 aliphatic heterocycles. The van der Waals surface area contributed by atoms with Crippen LogP contribution in [0.5, 0.6) is 0 Å². The summed E-state index contributed by atoms with van der Waals surface area (Å²) < 4.78 is 6.08. The summed E-state index contributed by atoms with van der Waals surface area (Å²) in [6.07, 6.45) is 10.1. The quantitative estimate of drug-likeness (QED) is 0.911. The largest absolute Gasteiger partial charge is 0.312 e. The monoisotopic (exact) mass is 277 g/mol. The number of nitrogens with zero attached hydrogens (tertiary/aromatic N) is 4. The molecule has 3 rings (SSSR count).